The van der Waals surface area contributed by atoms with Crippen molar-refractivity contribution < 1.29 is 4.79 Å². The van der Waals surface area contributed by atoms with Gasteiger partial charge in [-0.25, -0.2) is 0 Å². The van der Waals surface area contributed by atoms with Gasteiger partial charge in [0.2, 0.25) is 0 Å². The van der Waals surface area contributed by atoms with E-state index < -0.39 is 0 Å². The van der Waals surface area contributed by atoms with E-state index in [0.717, 1.165) is 17.3 Å². The first kappa shape index (κ1) is 8.66. The van der Waals surface area contributed by atoms with Crippen molar-refractivity contribution in [1.82, 2.24) is 0 Å². The molecule has 2 aliphatic carbocycles. The van der Waals surface area contributed by atoms with E-state index in [4.69, 9.17) is 0 Å². The lowest BCUT2D eigenvalue weighted by atomic mass is 9.65. The largest absolute Gasteiger partial charge is 0.298 e. The predicted molar refractivity (Wildman–Crippen MR) is 58.4 cm³/mol. The second kappa shape index (κ2) is 2.69. The molecule has 1 nitrogen and oxygen atoms in total. The Morgan fingerprint density at radius 1 is 1.29 bits per heavy atom. The molecule has 14 heavy (non-hydrogen) atoms. The lowest BCUT2D eigenvalue weighted by Gasteiger charge is -2.37. The number of hydrogen-bond donors (Lipinski definition) is 0. The number of carbonyl (C=O) groups excluding carboxylic acids is 1. The molecule has 1 spiro atoms. The predicted octanol–water partition coefficient (Wildman–Crippen LogP) is 3.00. The van der Waals surface area contributed by atoms with Crippen LogP contribution in [0.2, 0.25) is 0 Å². The minimum Gasteiger partial charge on any atom is -0.298 e. The smallest absolute Gasteiger partial charge is 0.147 e. The van der Waals surface area contributed by atoms with Crippen LogP contribution in [0.25, 0.3) is 0 Å². The molecule has 0 bridgehead atoms. The Hall–Kier alpha value is -0.630. The van der Waals surface area contributed by atoms with Crippen LogP contribution in [0.3, 0.4) is 0 Å². The Morgan fingerprint density at radius 2 is 2.07 bits per heavy atom. The van der Waals surface area contributed by atoms with Gasteiger partial charge in [-0.1, -0.05) is 28.4 Å². The summed E-state index contributed by atoms with van der Waals surface area (Å²) in [4.78, 5) is 11.9. The number of rotatable bonds is 0. The monoisotopic (exact) mass is 250 g/mol. The first-order valence-corrected chi connectivity index (χ1v) is 5.84. The van der Waals surface area contributed by atoms with Crippen LogP contribution in [-0.2, 0) is 16.6 Å². The quantitative estimate of drug-likeness (QED) is 0.692. The van der Waals surface area contributed by atoms with Crippen LogP contribution in [0, 0.1) is 0 Å². The summed E-state index contributed by atoms with van der Waals surface area (Å²) in [7, 11) is 0. The van der Waals surface area contributed by atoms with E-state index in [9.17, 15) is 4.79 Å². The van der Waals surface area contributed by atoms with Crippen LogP contribution < -0.4 is 0 Å². The summed E-state index contributed by atoms with van der Waals surface area (Å²) in [6.45, 7) is 0. The molecule has 0 unspecified atom stereocenters. The van der Waals surface area contributed by atoms with Crippen molar-refractivity contribution in [1.29, 1.82) is 0 Å². The average Bonchev–Trinajstić information content (AvgIpc) is 2.34. The Kier molecular flexibility index (Phi) is 1.67. The first-order chi connectivity index (χ1) is 6.72. The average molecular weight is 251 g/mol. The van der Waals surface area contributed by atoms with Crippen molar-refractivity contribution in [2.24, 2.45) is 0 Å². The molecule has 72 valence electrons. The third kappa shape index (κ3) is 0.924. The van der Waals surface area contributed by atoms with Crippen molar-refractivity contribution in [2.45, 2.75) is 31.1 Å². The molecule has 0 N–H and O–H groups in total. The molecule has 0 aromatic heterocycles. The summed E-state index contributed by atoms with van der Waals surface area (Å²) in [5.41, 5.74) is 2.48. The van der Waals surface area contributed by atoms with Crippen molar-refractivity contribution >= 4 is 21.7 Å². The van der Waals surface area contributed by atoms with E-state index in [1.165, 1.54) is 17.5 Å². The molecule has 1 fully saturated rings. The highest BCUT2D eigenvalue weighted by molar-refractivity contribution is 9.10. The molecule has 0 radical (unpaired) electrons. The van der Waals surface area contributed by atoms with E-state index in [2.05, 4.69) is 34.1 Å². The molecule has 0 saturated heterocycles. The Bertz CT molecular complexity index is 418. The summed E-state index contributed by atoms with van der Waals surface area (Å²) < 4.78 is 1.08. The van der Waals surface area contributed by atoms with Crippen molar-refractivity contribution in [3.63, 3.8) is 0 Å². The maximum absolute atomic E-state index is 11.9. The topological polar surface area (TPSA) is 17.1 Å². The van der Waals surface area contributed by atoms with Crippen LogP contribution in [0.5, 0.6) is 0 Å². The first-order valence-electron chi connectivity index (χ1n) is 5.05. The molecule has 1 aromatic carbocycles. The molecule has 2 aliphatic rings. The highest BCUT2D eigenvalue weighted by atomic mass is 79.9. The van der Waals surface area contributed by atoms with Crippen LogP contribution >= 0.6 is 15.9 Å². The minimum absolute atomic E-state index is 0.0595. The molecule has 0 heterocycles. The molecule has 2 heteroatoms. The number of halogens is 1. The molecule has 1 aromatic rings. The maximum Gasteiger partial charge on any atom is 0.147 e. The number of hydrogen-bond acceptors (Lipinski definition) is 1. The third-order valence-corrected chi connectivity index (χ3v) is 4.17. The van der Waals surface area contributed by atoms with E-state index >= 15 is 0 Å². The summed E-state index contributed by atoms with van der Waals surface area (Å²) in [5, 5.41) is 0. The number of fused-ring (bicyclic) bond motifs is 2. The molecule has 1 saturated carbocycles. The number of Topliss-reactive ketones (excluding diaryl/α,β-unsaturated/α-hetero) is 1. The highest BCUT2D eigenvalue weighted by Crippen LogP contribution is 2.50. The van der Waals surface area contributed by atoms with Crippen molar-refractivity contribution in [3.8, 4) is 0 Å². The lowest BCUT2D eigenvalue weighted by Crippen LogP contribution is -2.39. The molecular formula is C12H11BrO. The second-order valence-electron chi connectivity index (χ2n) is 4.34. The molecule has 3 rings (SSSR count). The minimum atomic E-state index is -0.0595. The van der Waals surface area contributed by atoms with Crippen molar-refractivity contribution in [2.75, 3.05) is 0 Å². The zero-order chi connectivity index (χ0) is 9.76. The summed E-state index contributed by atoms with van der Waals surface area (Å²) in [6, 6.07) is 6.28. The number of benzene rings is 1. The fourth-order valence-electron chi connectivity index (χ4n) is 2.75. The van der Waals surface area contributed by atoms with Gasteiger partial charge in [0.05, 0.1) is 5.41 Å². The third-order valence-electron chi connectivity index (χ3n) is 3.67. The normalized spacial score (nSPS) is 22.2. The van der Waals surface area contributed by atoms with Gasteiger partial charge in [0, 0.05) is 10.9 Å². The van der Waals surface area contributed by atoms with Gasteiger partial charge in [-0.2, -0.15) is 0 Å². The fraction of sp³-hybridized carbons (Fsp3) is 0.417. The maximum atomic E-state index is 11.9. The molecular weight excluding hydrogens is 240 g/mol. The molecule has 0 aliphatic heterocycles. The van der Waals surface area contributed by atoms with Gasteiger partial charge < -0.3 is 0 Å². The zero-order valence-corrected chi connectivity index (χ0v) is 9.43. The van der Waals surface area contributed by atoms with Crippen LogP contribution in [0.15, 0.2) is 22.7 Å². The van der Waals surface area contributed by atoms with Gasteiger partial charge in [-0.05, 0) is 36.1 Å². The molecule has 0 amide bonds. The number of carbonyl (C=O) groups is 1. The van der Waals surface area contributed by atoms with Crippen LogP contribution in [0.4, 0.5) is 0 Å². The summed E-state index contributed by atoms with van der Waals surface area (Å²) >= 11 is 3.45. The van der Waals surface area contributed by atoms with Gasteiger partial charge in [0.1, 0.15) is 5.78 Å². The van der Waals surface area contributed by atoms with Gasteiger partial charge >= 0.3 is 0 Å². The van der Waals surface area contributed by atoms with E-state index in [1.807, 2.05) is 0 Å². The Balaban J connectivity index is 2.18. The Morgan fingerprint density at radius 3 is 2.71 bits per heavy atom. The van der Waals surface area contributed by atoms with Gasteiger partial charge in [0.25, 0.3) is 0 Å². The summed E-state index contributed by atoms with van der Waals surface area (Å²) in [6.07, 6.45) is 4.00. The lowest BCUT2D eigenvalue weighted by molar-refractivity contribution is -0.125. The van der Waals surface area contributed by atoms with Crippen molar-refractivity contribution in [3.05, 3.63) is 33.8 Å². The van der Waals surface area contributed by atoms with Gasteiger partial charge in [-0.15, -0.1) is 0 Å². The van der Waals surface area contributed by atoms with E-state index in [1.54, 1.807) is 0 Å². The zero-order valence-electron chi connectivity index (χ0n) is 7.85. The second-order valence-corrected chi connectivity index (χ2v) is 5.25. The van der Waals surface area contributed by atoms with Crippen LogP contribution in [-0.4, -0.2) is 5.78 Å². The Labute approximate surface area is 91.6 Å². The van der Waals surface area contributed by atoms with Gasteiger partial charge in [0.15, 0.2) is 0 Å². The standard InChI is InChI=1S/C12H11BrO/c13-9-2-3-10-8(6-9)7-11(14)12(10)4-1-5-12/h2-3,6H,1,4-5,7H2. The van der Waals surface area contributed by atoms with Crippen LogP contribution in [0.1, 0.15) is 30.4 Å². The van der Waals surface area contributed by atoms with E-state index in [0.29, 0.717) is 12.2 Å². The SMILES string of the molecule is O=C1Cc2cc(Br)ccc2C12CCC2. The fourth-order valence-corrected chi connectivity index (χ4v) is 3.15. The highest BCUT2D eigenvalue weighted by Gasteiger charge is 2.49. The summed E-state index contributed by atoms with van der Waals surface area (Å²) in [5.74, 6) is 0.442. The number of ketones is 1. The molecule has 0 atom stereocenters. The van der Waals surface area contributed by atoms with Gasteiger partial charge in [-0.3, -0.25) is 4.79 Å². The van der Waals surface area contributed by atoms with E-state index in [-0.39, 0.29) is 5.41 Å².